The predicted octanol–water partition coefficient (Wildman–Crippen LogP) is 2.81. The molecule has 0 unspecified atom stereocenters. The molecule has 0 fully saturated rings. The van der Waals surface area contributed by atoms with E-state index in [2.05, 4.69) is 9.97 Å². The van der Waals surface area contributed by atoms with Gasteiger partial charge in [-0.15, -0.1) is 0 Å². The van der Waals surface area contributed by atoms with Gasteiger partial charge in [0.05, 0.1) is 0 Å². The molecule has 0 aliphatic rings. The average molecular weight is 399 g/mol. The van der Waals surface area contributed by atoms with E-state index in [4.69, 9.17) is 11.5 Å². The smallest absolute Gasteiger partial charge is 0.240 e. The molecule has 7 nitrogen and oxygen atoms in total. The summed E-state index contributed by atoms with van der Waals surface area (Å²) in [5, 5.41) is 0.310. The lowest BCUT2D eigenvalue weighted by Gasteiger charge is -2.26. The van der Waals surface area contributed by atoms with Gasteiger partial charge in [-0.05, 0) is 50.2 Å². The molecular weight excluding hydrogens is 381 g/mol. The van der Waals surface area contributed by atoms with Crippen LogP contribution in [0.15, 0.2) is 42.6 Å². The van der Waals surface area contributed by atoms with Gasteiger partial charge >= 0.3 is 0 Å². The maximum absolute atomic E-state index is 13.3. The Bertz CT molecular complexity index is 1040. The highest BCUT2D eigenvalue weighted by Gasteiger charge is 2.27. The molecule has 1 atom stereocenters. The molecule has 1 aromatic carbocycles. The number of nitrogens with two attached hydrogens (primary N) is 2. The molecule has 0 saturated carbocycles. The lowest BCUT2D eigenvalue weighted by molar-refractivity contribution is -0.118. The van der Waals surface area contributed by atoms with Crippen LogP contribution in [0.25, 0.3) is 0 Å². The van der Waals surface area contributed by atoms with E-state index in [9.17, 15) is 14.0 Å². The minimum atomic E-state index is -0.790. The number of pyridine rings is 1. The first kappa shape index (κ1) is 19.4. The molecule has 144 valence electrons. The van der Waals surface area contributed by atoms with Crippen molar-refractivity contribution >= 4 is 39.7 Å². The number of hydrogen-bond donors (Lipinski definition) is 2. The first-order valence-electron chi connectivity index (χ1n) is 8.35. The van der Waals surface area contributed by atoms with Gasteiger partial charge in [0.2, 0.25) is 11.7 Å². The van der Waals surface area contributed by atoms with Crippen LogP contribution in [0, 0.1) is 12.7 Å². The third kappa shape index (κ3) is 3.84. The molecular formula is C19H18FN5O2S. The van der Waals surface area contributed by atoms with Gasteiger partial charge in [0.15, 0.2) is 5.13 Å². The second-order valence-electron chi connectivity index (χ2n) is 6.15. The Hall–Kier alpha value is -3.33. The van der Waals surface area contributed by atoms with Crippen LogP contribution in [0.5, 0.6) is 0 Å². The van der Waals surface area contributed by atoms with E-state index in [0.717, 1.165) is 11.3 Å². The van der Waals surface area contributed by atoms with Crippen molar-refractivity contribution in [3.05, 3.63) is 64.5 Å². The number of carbonyl (C=O) groups excluding carboxylic acids is 2. The Balaban J connectivity index is 2.05. The monoisotopic (exact) mass is 399 g/mol. The first-order valence-corrected chi connectivity index (χ1v) is 9.17. The summed E-state index contributed by atoms with van der Waals surface area (Å²) >= 11 is 1.04. The van der Waals surface area contributed by atoms with Gasteiger partial charge in [-0.1, -0.05) is 11.3 Å². The van der Waals surface area contributed by atoms with Crippen LogP contribution in [0.2, 0.25) is 0 Å². The first-order chi connectivity index (χ1) is 13.3. The fraction of sp³-hybridized carbons (Fsp3) is 0.158. The Morgan fingerprint density at radius 3 is 2.50 bits per heavy atom. The molecule has 0 spiro atoms. The number of thiazole rings is 1. The molecule has 1 amide bonds. The lowest BCUT2D eigenvalue weighted by Crippen LogP contribution is -2.39. The molecule has 0 aliphatic heterocycles. The zero-order chi connectivity index (χ0) is 20.4. The number of aryl methyl sites for hydroxylation is 1. The molecule has 0 radical (unpaired) electrons. The van der Waals surface area contributed by atoms with Crippen molar-refractivity contribution in [2.45, 2.75) is 19.9 Å². The zero-order valence-electron chi connectivity index (χ0n) is 15.2. The Morgan fingerprint density at radius 1 is 1.21 bits per heavy atom. The van der Waals surface area contributed by atoms with Crippen molar-refractivity contribution in [1.29, 1.82) is 0 Å². The van der Waals surface area contributed by atoms with Crippen molar-refractivity contribution in [2.24, 2.45) is 5.73 Å². The summed E-state index contributed by atoms with van der Waals surface area (Å²) in [5.74, 6) is -1.27. The van der Waals surface area contributed by atoms with Crippen molar-refractivity contribution in [1.82, 2.24) is 9.97 Å². The van der Waals surface area contributed by atoms with Crippen molar-refractivity contribution in [2.75, 3.05) is 10.6 Å². The fourth-order valence-corrected chi connectivity index (χ4v) is 3.68. The van der Waals surface area contributed by atoms with E-state index >= 15 is 0 Å². The molecule has 0 bridgehead atoms. The summed E-state index contributed by atoms with van der Waals surface area (Å²) in [6.45, 7) is 3.38. The van der Waals surface area contributed by atoms with E-state index in [1.165, 1.54) is 29.2 Å². The molecule has 2 aromatic heterocycles. The largest absolute Gasteiger partial charge is 0.382 e. The number of amides is 1. The maximum Gasteiger partial charge on any atom is 0.240 e. The highest BCUT2D eigenvalue weighted by molar-refractivity contribution is 7.18. The predicted molar refractivity (Wildman–Crippen MR) is 106 cm³/mol. The number of ketones is 1. The van der Waals surface area contributed by atoms with Gasteiger partial charge in [0, 0.05) is 23.1 Å². The van der Waals surface area contributed by atoms with Crippen LogP contribution in [-0.2, 0) is 4.79 Å². The number of rotatable bonds is 6. The normalized spacial score (nSPS) is 11.8. The summed E-state index contributed by atoms with van der Waals surface area (Å²) in [6.07, 6.45) is 1.54. The molecule has 28 heavy (non-hydrogen) atoms. The highest BCUT2D eigenvalue weighted by Crippen LogP contribution is 2.35. The standard InChI is InChI=1S/C19H18FN5O2S/c1-10-9-12(7-8-23-10)15(26)16-17(21)24-19(28-16)25(11(2)18(22)27)14-5-3-13(20)4-6-14/h3-9,11H,21H2,1-2H3,(H2,22,27)/t11-/m0/s1. The second-order valence-corrected chi connectivity index (χ2v) is 7.13. The van der Waals surface area contributed by atoms with Gasteiger partial charge < -0.3 is 16.4 Å². The number of carbonyl (C=O) groups is 2. The molecule has 3 rings (SSSR count). The van der Waals surface area contributed by atoms with Crippen molar-refractivity contribution in [3.63, 3.8) is 0 Å². The van der Waals surface area contributed by atoms with Crippen LogP contribution in [0.1, 0.15) is 27.9 Å². The summed E-state index contributed by atoms with van der Waals surface area (Å²) in [6, 6.07) is 7.99. The minimum absolute atomic E-state index is 0.0447. The number of anilines is 3. The zero-order valence-corrected chi connectivity index (χ0v) is 16.0. The average Bonchev–Trinajstić information content (AvgIpc) is 3.04. The van der Waals surface area contributed by atoms with E-state index in [1.807, 2.05) is 0 Å². The van der Waals surface area contributed by atoms with Gasteiger partial charge in [-0.2, -0.15) is 0 Å². The number of nitrogens with zero attached hydrogens (tertiary/aromatic N) is 3. The number of aromatic nitrogens is 2. The lowest BCUT2D eigenvalue weighted by atomic mass is 10.1. The van der Waals surface area contributed by atoms with Gasteiger partial charge in [-0.25, -0.2) is 9.37 Å². The van der Waals surface area contributed by atoms with Crippen molar-refractivity contribution in [3.8, 4) is 0 Å². The Morgan fingerprint density at radius 2 is 1.89 bits per heavy atom. The minimum Gasteiger partial charge on any atom is -0.382 e. The number of primary amides is 1. The van der Waals surface area contributed by atoms with Crippen molar-refractivity contribution < 1.29 is 14.0 Å². The van der Waals surface area contributed by atoms with E-state index < -0.39 is 17.8 Å². The topological polar surface area (TPSA) is 115 Å². The summed E-state index contributed by atoms with van der Waals surface area (Å²) < 4.78 is 13.3. The van der Waals surface area contributed by atoms with Gasteiger partial charge in [-0.3, -0.25) is 14.6 Å². The summed E-state index contributed by atoms with van der Waals surface area (Å²) in [5.41, 5.74) is 13.1. The number of benzene rings is 1. The van der Waals surface area contributed by atoms with Gasteiger partial charge in [0.25, 0.3) is 0 Å². The van der Waals surface area contributed by atoms with E-state index in [0.29, 0.717) is 22.1 Å². The summed E-state index contributed by atoms with van der Waals surface area (Å²) in [4.78, 5) is 34.8. The Kier molecular flexibility index (Phi) is 5.36. The summed E-state index contributed by atoms with van der Waals surface area (Å²) in [7, 11) is 0. The van der Waals surface area contributed by atoms with Crippen LogP contribution >= 0.6 is 11.3 Å². The molecule has 0 aliphatic carbocycles. The van der Waals surface area contributed by atoms with Crippen LogP contribution < -0.4 is 16.4 Å². The number of halogens is 1. The van der Waals surface area contributed by atoms with E-state index in [-0.39, 0.29) is 16.5 Å². The third-order valence-corrected chi connectivity index (χ3v) is 5.19. The second kappa shape index (κ2) is 7.73. The molecule has 2 heterocycles. The van der Waals surface area contributed by atoms with Crippen LogP contribution in [0.3, 0.4) is 0 Å². The SMILES string of the molecule is Cc1cc(C(=O)c2sc(N(c3ccc(F)cc3)[C@@H](C)C(N)=O)nc2N)ccn1. The highest BCUT2D eigenvalue weighted by atomic mass is 32.1. The quantitative estimate of drug-likeness (QED) is 0.616. The molecule has 9 heteroatoms. The van der Waals surface area contributed by atoms with Crippen LogP contribution in [-0.4, -0.2) is 27.7 Å². The number of nitrogen functional groups attached to an aromatic ring is 1. The molecule has 3 aromatic rings. The third-order valence-electron chi connectivity index (χ3n) is 4.12. The number of hydrogen-bond acceptors (Lipinski definition) is 7. The molecule has 4 N–H and O–H groups in total. The van der Waals surface area contributed by atoms with E-state index in [1.54, 1.807) is 32.2 Å². The molecule has 0 saturated heterocycles. The van der Waals surface area contributed by atoms with Crippen LogP contribution in [0.4, 0.5) is 21.0 Å². The maximum atomic E-state index is 13.3. The fourth-order valence-electron chi connectivity index (χ4n) is 2.63. The van der Waals surface area contributed by atoms with Gasteiger partial charge in [0.1, 0.15) is 22.6 Å². The Labute approximate surface area is 164 Å².